The Morgan fingerprint density at radius 1 is 1.50 bits per heavy atom. The Bertz CT molecular complexity index is 330. The molecule has 0 aromatic heterocycles. The van der Waals surface area contributed by atoms with Crippen LogP contribution in [0.2, 0.25) is 0 Å². The van der Waals surface area contributed by atoms with E-state index in [0.29, 0.717) is 13.0 Å². The SMILES string of the molecule is CCOc1ccccc1[C@@H](N)CC#N. The number of nitrogens with zero attached hydrogens (tertiary/aromatic N) is 1. The van der Waals surface area contributed by atoms with Crippen LogP contribution >= 0.6 is 0 Å². The third-order valence-electron chi connectivity index (χ3n) is 1.93. The quantitative estimate of drug-likeness (QED) is 0.789. The van der Waals surface area contributed by atoms with Crippen LogP contribution in [0.5, 0.6) is 5.75 Å². The molecule has 3 nitrogen and oxygen atoms in total. The van der Waals surface area contributed by atoms with Crippen LogP contribution in [0.1, 0.15) is 24.9 Å². The Hall–Kier alpha value is -1.53. The third kappa shape index (κ3) is 2.48. The van der Waals surface area contributed by atoms with Crippen molar-refractivity contribution in [2.24, 2.45) is 5.73 Å². The average Bonchev–Trinajstić information content (AvgIpc) is 2.19. The van der Waals surface area contributed by atoms with Crippen molar-refractivity contribution in [3.8, 4) is 11.8 Å². The van der Waals surface area contributed by atoms with E-state index in [1.54, 1.807) is 0 Å². The summed E-state index contributed by atoms with van der Waals surface area (Å²) >= 11 is 0. The topological polar surface area (TPSA) is 59.0 Å². The zero-order valence-corrected chi connectivity index (χ0v) is 8.23. The lowest BCUT2D eigenvalue weighted by atomic mass is 10.0. The summed E-state index contributed by atoms with van der Waals surface area (Å²) in [5.41, 5.74) is 6.73. The smallest absolute Gasteiger partial charge is 0.124 e. The van der Waals surface area contributed by atoms with Crippen molar-refractivity contribution < 1.29 is 4.74 Å². The van der Waals surface area contributed by atoms with Gasteiger partial charge in [-0.3, -0.25) is 0 Å². The Morgan fingerprint density at radius 2 is 2.21 bits per heavy atom. The molecule has 0 amide bonds. The van der Waals surface area contributed by atoms with E-state index in [9.17, 15) is 0 Å². The maximum atomic E-state index is 8.55. The Balaban J connectivity index is 2.89. The lowest BCUT2D eigenvalue weighted by Crippen LogP contribution is -2.11. The van der Waals surface area contributed by atoms with E-state index in [2.05, 4.69) is 6.07 Å². The molecule has 0 spiro atoms. The standard InChI is InChI=1S/C11H14N2O/c1-2-14-11-6-4-3-5-9(11)10(13)7-8-12/h3-6,10H,2,7,13H2,1H3/t10-/m0/s1. The number of nitrogens with two attached hydrogens (primary N) is 1. The summed E-state index contributed by atoms with van der Waals surface area (Å²) in [7, 11) is 0. The molecule has 1 aromatic carbocycles. The number of hydrogen-bond donors (Lipinski definition) is 1. The van der Waals surface area contributed by atoms with E-state index < -0.39 is 0 Å². The van der Waals surface area contributed by atoms with E-state index >= 15 is 0 Å². The van der Waals surface area contributed by atoms with Crippen LogP contribution in [0.4, 0.5) is 0 Å². The highest BCUT2D eigenvalue weighted by molar-refractivity contribution is 5.36. The normalized spacial score (nSPS) is 11.8. The summed E-state index contributed by atoms with van der Waals surface area (Å²) in [6.45, 7) is 2.53. The molecule has 0 heterocycles. The van der Waals surface area contributed by atoms with Crippen molar-refractivity contribution in [1.29, 1.82) is 5.26 Å². The molecule has 0 saturated carbocycles. The third-order valence-corrected chi connectivity index (χ3v) is 1.93. The van der Waals surface area contributed by atoms with Gasteiger partial charge in [0.1, 0.15) is 5.75 Å². The molecule has 0 bridgehead atoms. The van der Waals surface area contributed by atoms with Gasteiger partial charge in [0.05, 0.1) is 19.1 Å². The number of nitriles is 1. The molecule has 0 radical (unpaired) electrons. The highest BCUT2D eigenvalue weighted by Gasteiger charge is 2.10. The molecule has 0 aliphatic rings. The molecule has 0 aliphatic heterocycles. The highest BCUT2D eigenvalue weighted by atomic mass is 16.5. The molecule has 3 heteroatoms. The summed E-state index contributed by atoms with van der Waals surface area (Å²) in [5, 5.41) is 8.55. The van der Waals surface area contributed by atoms with Crippen LogP contribution in [0.3, 0.4) is 0 Å². The average molecular weight is 190 g/mol. The van der Waals surface area contributed by atoms with E-state index in [-0.39, 0.29) is 6.04 Å². The summed E-state index contributed by atoms with van der Waals surface area (Å²) in [6, 6.07) is 9.35. The van der Waals surface area contributed by atoms with Gasteiger partial charge in [-0.15, -0.1) is 0 Å². The highest BCUT2D eigenvalue weighted by Crippen LogP contribution is 2.24. The lowest BCUT2D eigenvalue weighted by molar-refractivity contribution is 0.334. The molecule has 0 aliphatic carbocycles. The predicted molar refractivity (Wildman–Crippen MR) is 54.8 cm³/mol. The summed E-state index contributed by atoms with van der Waals surface area (Å²) in [6.07, 6.45) is 0.310. The molecule has 1 rings (SSSR count). The molecule has 1 atom stereocenters. The molecular formula is C11H14N2O. The number of hydrogen-bond acceptors (Lipinski definition) is 3. The molecule has 1 aromatic rings. The minimum atomic E-state index is -0.261. The van der Waals surface area contributed by atoms with Crippen molar-refractivity contribution >= 4 is 0 Å². The zero-order valence-electron chi connectivity index (χ0n) is 8.23. The second-order valence-corrected chi connectivity index (χ2v) is 2.94. The van der Waals surface area contributed by atoms with E-state index in [0.717, 1.165) is 11.3 Å². The number of ether oxygens (including phenoxy) is 1. The first-order chi connectivity index (χ1) is 6.79. The summed E-state index contributed by atoms with van der Waals surface area (Å²) < 4.78 is 5.42. The minimum absolute atomic E-state index is 0.261. The first-order valence-corrected chi connectivity index (χ1v) is 4.63. The van der Waals surface area contributed by atoms with Crippen LogP contribution in [-0.4, -0.2) is 6.61 Å². The Labute approximate surface area is 84.1 Å². The van der Waals surface area contributed by atoms with Crippen LogP contribution < -0.4 is 10.5 Å². The van der Waals surface area contributed by atoms with Crippen molar-refractivity contribution in [3.63, 3.8) is 0 Å². The Kier molecular flexibility index (Phi) is 3.96. The number of para-hydroxylation sites is 1. The first kappa shape index (κ1) is 10.6. The molecule has 0 saturated heterocycles. The fraction of sp³-hybridized carbons (Fsp3) is 0.364. The van der Waals surface area contributed by atoms with Crippen LogP contribution in [0.15, 0.2) is 24.3 Å². The van der Waals surface area contributed by atoms with Crippen molar-refractivity contribution in [1.82, 2.24) is 0 Å². The molecule has 0 unspecified atom stereocenters. The monoisotopic (exact) mass is 190 g/mol. The van der Waals surface area contributed by atoms with E-state index in [1.807, 2.05) is 31.2 Å². The fourth-order valence-electron chi connectivity index (χ4n) is 1.28. The largest absolute Gasteiger partial charge is 0.494 e. The van der Waals surface area contributed by atoms with Gasteiger partial charge in [0.2, 0.25) is 0 Å². The van der Waals surface area contributed by atoms with E-state index in [1.165, 1.54) is 0 Å². The minimum Gasteiger partial charge on any atom is -0.494 e. The number of benzene rings is 1. The Morgan fingerprint density at radius 3 is 2.86 bits per heavy atom. The summed E-state index contributed by atoms with van der Waals surface area (Å²) in [4.78, 5) is 0. The molecular weight excluding hydrogens is 176 g/mol. The zero-order chi connectivity index (χ0) is 10.4. The van der Waals surface area contributed by atoms with Gasteiger partial charge in [0.15, 0.2) is 0 Å². The second-order valence-electron chi connectivity index (χ2n) is 2.94. The molecule has 0 fully saturated rings. The van der Waals surface area contributed by atoms with Gasteiger partial charge < -0.3 is 10.5 Å². The van der Waals surface area contributed by atoms with Gasteiger partial charge in [-0.25, -0.2) is 0 Å². The fourth-order valence-corrected chi connectivity index (χ4v) is 1.28. The van der Waals surface area contributed by atoms with Gasteiger partial charge >= 0.3 is 0 Å². The van der Waals surface area contributed by atoms with Gasteiger partial charge in [0.25, 0.3) is 0 Å². The van der Waals surface area contributed by atoms with Crippen LogP contribution in [-0.2, 0) is 0 Å². The van der Waals surface area contributed by atoms with E-state index in [4.69, 9.17) is 15.7 Å². The lowest BCUT2D eigenvalue weighted by Gasteiger charge is -2.13. The van der Waals surface area contributed by atoms with Gasteiger partial charge in [-0.1, -0.05) is 18.2 Å². The maximum Gasteiger partial charge on any atom is 0.124 e. The van der Waals surface area contributed by atoms with Crippen LogP contribution in [0.25, 0.3) is 0 Å². The van der Waals surface area contributed by atoms with Gasteiger partial charge in [0, 0.05) is 11.6 Å². The number of rotatable bonds is 4. The molecule has 2 N–H and O–H groups in total. The van der Waals surface area contributed by atoms with Crippen molar-refractivity contribution in [2.75, 3.05) is 6.61 Å². The van der Waals surface area contributed by atoms with Gasteiger partial charge in [-0.05, 0) is 13.0 Å². The van der Waals surface area contributed by atoms with Crippen molar-refractivity contribution in [3.05, 3.63) is 29.8 Å². The molecule has 14 heavy (non-hydrogen) atoms. The van der Waals surface area contributed by atoms with Gasteiger partial charge in [-0.2, -0.15) is 5.26 Å². The summed E-state index contributed by atoms with van der Waals surface area (Å²) in [5.74, 6) is 0.776. The molecule has 74 valence electrons. The first-order valence-electron chi connectivity index (χ1n) is 4.63. The predicted octanol–water partition coefficient (Wildman–Crippen LogP) is 2.00. The maximum absolute atomic E-state index is 8.55. The van der Waals surface area contributed by atoms with Crippen molar-refractivity contribution in [2.45, 2.75) is 19.4 Å². The van der Waals surface area contributed by atoms with Crippen LogP contribution in [0, 0.1) is 11.3 Å². The second kappa shape index (κ2) is 5.25.